The number of carboxylic acids is 1. The van der Waals surface area contributed by atoms with Crippen LogP contribution in [-0.2, 0) is 4.79 Å². The van der Waals surface area contributed by atoms with Crippen LogP contribution in [0.25, 0.3) is 0 Å². The number of anilines is 1. The molecule has 1 aliphatic heterocycles. The first-order valence-corrected chi connectivity index (χ1v) is 8.19. The van der Waals surface area contributed by atoms with Crippen molar-refractivity contribution in [3.05, 3.63) is 0 Å². The molecule has 1 aliphatic rings. The molecule has 5 nitrogen and oxygen atoms in total. The van der Waals surface area contributed by atoms with E-state index < -0.39 is 5.97 Å². The van der Waals surface area contributed by atoms with E-state index in [-0.39, 0.29) is 5.75 Å². The fourth-order valence-electron chi connectivity index (χ4n) is 2.13. The van der Waals surface area contributed by atoms with Crippen molar-refractivity contribution in [2.45, 2.75) is 37.4 Å². The van der Waals surface area contributed by atoms with Gasteiger partial charge < -0.3 is 10.0 Å². The molecule has 1 N–H and O–H groups in total. The molecule has 0 bridgehead atoms. The van der Waals surface area contributed by atoms with Crippen LogP contribution < -0.4 is 4.90 Å². The summed E-state index contributed by atoms with van der Waals surface area (Å²) < 4.78 is 0.737. The van der Waals surface area contributed by atoms with E-state index in [0.717, 1.165) is 29.0 Å². The SMILES string of the molecule is CC1(C)CCCN(c2nnc(SCC(=O)O)s2)CC1. The number of rotatable bonds is 4. The molecule has 1 fully saturated rings. The lowest BCUT2D eigenvalue weighted by molar-refractivity contribution is -0.133. The number of hydrogen-bond acceptors (Lipinski definition) is 6. The van der Waals surface area contributed by atoms with Crippen LogP contribution in [0.5, 0.6) is 0 Å². The molecule has 2 rings (SSSR count). The molecular weight excluding hydrogens is 282 g/mol. The molecule has 0 atom stereocenters. The molecular formula is C12H19N3O2S2. The summed E-state index contributed by atoms with van der Waals surface area (Å²) in [6.07, 6.45) is 3.57. The van der Waals surface area contributed by atoms with Crippen molar-refractivity contribution >= 4 is 34.2 Å². The van der Waals surface area contributed by atoms with Gasteiger partial charge in [0, 0.05) is 13.1 Å². The molecule has 1 aromatic heterocycles. The van der Waals surface area contributed by atoms with E-state index in [4.69, 9.17) is 5.11 Å². The molecule has 0 aliphatic carbocycles. The minimum Gasteiger partial charge on any atom is -0.481 e. The van der Waals surface area contributed by atoms with Gasteiger partial charge >= 0.3 is 5.97 Å². The molecule has 106 valence electrons. The average Bonchev–Trinajstić information content (AvgIpc) is 2.72. The lowest BCUT2D eigenvalue weighted by Crippen LogP contribution is -2.24. The van der Waals surface area contributed by atoms with Crippen molar-refractivity contribution in [1.29, 1.82) is 0 Å². The molecule has 0 spiro atoms. The third kappa shape index (κ3) is 4.35. The minimum atomic E-state index is -0.821. The first kappa shape index (κ1) is 14.6. The maximum Gasteiger partial charge on any atom is 0.313 e. The lowest BCUT2D eigenvalue weighted by Gasteiger charge is -2.22. The van der Waals surface area contributed by atoms with Crippen molar-refractivity contribution in [3.63, 3.8) is 0 Å². The average molecular weight is 301 g/mol. The fourth-order valence-corrected chi connectivity index (χ4v) is 3.74. The van der Waals surface area contributed by atoms with Crippen LogP contribution in [0, 0.1) is 5.41 Å². The minimum absolute atomic E-state index is 0.0433. The Bertz CT molecular complexity index is 448. The van der Waals surface area contributed by atoms with Gasteiger partial charge in [-0.15, -0.1) is 10.2 Å². The quantitative estimate of drug-likeness (QED) is 0.863. The van der Waals surface area contributed by atoms with E-state index in [1.807, 2.05) is 0 Å². The predicted octanol–water partition coefficient (Wildman–Crippen LogP) is 2.73. The molecule has 0 saturated carbocycles. The van der Waals surface area contributed by atoms with Gasteiger partial charge in [0.05, 0.1) is 5.75 Å². The first-order valence-electron chi connectivity index (χ1n) is 6.39. The van der Waals surface area contributed by atoms with E-state index in [9.17, 15) is 4.79 Å². The number of nitrogens with zero attached hydrogens (tertiary/aromatic N) is 3. The smallest absolute Gasteiger partial charge is 0.313 e. The van der Waals surface area contributed by atoms with Gasteiger partial charge in [0.25, 0.3) is 0 Å². The van der Waals surface area contributed by atoms with Gasteiger partial charge in [-0.1, -0.05) is 36.9 Å². The van der Waals surface area contributed by atoms with Crippen molar-refractivity contribution in [3.8, 4) is 0 Å². The Labute approximate surface area is 121 Å². The lowest BCUT2D eigenvalue weighted by atomic mass is 9.85. The van der Waals surface area contributed by atoms with Gasteiger partial charge in [-0.3, -0.25) is 4.79 Å². The highest BCUT2D eigenvalue weighted by atomic mass is 32.2. The van der Waals surface area contributed by atoms with E-state index in [1.165, 1.54) is 35.9 Å². The standard InChI is InChI=1S/C12H19N3O2S2/c1-12(2)4-3-6-15(7-5-12)10-13-14-11(19-10)18-8-9(16)17/h3-8H2,1-2H3,(H,16,17). The van der Waals surface area contributed by atoms with Gasteiger partial charge in [-0.2, -0.15) is 0 Å². The van der Waals surface area contributed by atoms with Crippen LogP contribution in [0.2, 0.25) is 0 Å². The Kier molecular flexibility index (Phi) is 4.67. The third-order valence-electron chi connectivity index (χ3n) is 3.33. The highest BCUT2D eigenvalue weighted by molar-refractivity contribution is 8.01. The van der Waals surface area contributed by atoms with Gasteiger partial charge in [-0.25, -0.2) is 0 Å². The van der Waals surface area contributed by atoms with E-state index in [0.29, 0.717) is 5.41 Å². The topological polar surface area (TPSA) is 66.3 Å². The number of carbonyl (C=O) groups is 1. The van der Waals surface area contributed by atoms with Crippen LogP contribution in [-0.4, -0.2) is 40.1 Å². The van der Waals surface area contributed by atoms with E-state index in [1.54, 1.807) is 0 Å². The largest absolute Gasteiger partial charge is 0.481 e. The van der Waals surface area contributed by atoms with Crippen LogP contribution >= 0.6 is 23.1 Å². The highest BCUT2D eigenvalue weighted by Crippen LogP contribution is 2.34. The van der Waals surface area contributed by atoms with Gasteiger partial charge in [-0.05, 0) is 24.7 Å². The number of thioether (sulfide) groups is 1. The normalized spacial score (nSPS) is 19.2. The number of hydrogen-bond donors (Lipinski definition) is 1. The second-order valence-electron chi connectivity index (χ2n) is 5.54. The van der Waals surface area contributed by atoms with Crippen molar-refractivity contribution < 1.29 is 9.90 Å². The summed E-state index contributed by atoms with van der Waals surface area (Å²) >= 11 is 2.73. The molecule has 1 saturated heterocycles. The summed E-state index contributed by atoms with van der Waals surface area (Å²) in [6.45, 7) is 6.64. The second-order valence-corrected chi connectivity index (χ2v) is 7.72. The fraction of sp³-hybridized carbons (Fsp3) is 0.750. The molecule has 0 radical (unpaired) electrons. The maximum atomic E-state index is 10.5. The maximum absolute atomic E-state index is 10.5. The summed E-state index contributed by atoms with van der Waals surface area (Å²) in [4.78, 5) is 12.8. The molecule has 0 unspecified atom stereocenters. The Morgan fingerprint density at radius 3 is 2.95 bits per heavy atom. The van der Waals surface area contributed by atoms with Crippen LogP contribution in [0.1, 0.15) is 33.1 Å². The van der Waals surface area contributed by atoms with Crippen molar-refractivity contribution in [2.75, 3.05) is 23.7 Å². The predicted molar refractivity (Wildman–Crippen MR) is 78.1 cm³/mol. The zero-order chi connectivity index (χ0) is 13.9. The Balaban J connectivity index is 1.96. The summed E-state index contributed by atoms with van der Waals surface area (Å²) in [7, 11) is 0. The molecule has 7 heteroatoms. The van der Waals surface area contributed by atoms with Crippen molar-refractivity contribution in [2.24, 2.45) is 5.41 Å². The van der Waals surface area contributed by atoms with Crippen molar-refractivity contribution in [1.82, 2.24) is 10.2 Å². The molecule has 0 aromatic carbocycles. The Morgan fingerprint density at radius 1 is 1.42 bits per heavy atom. The Hall–Kier alpha value is -0.820. The molecule has 1 aromatic rings. The van der Waals surface area contributed by atoms with Gasteiger partial charge in [0.15, 0.2) is 4.34 Å². The molecule has 19 heavy (non-hydrogen) atoms. The van der Waals surface area contributed by atoms with Crippen LogP contribution in [0.3, 0.4) is 0 Å². The number of aliphatic carboxylic acids is 1. The second kappa shape index (κ2) is 6.09. The monoisotopic (exact) mass is 301 g/mol. The van der Waals surface area contributed by atoms with Crippen LogP contribution in [0.15, 0.2) is 4.34 Å². The summed E-state index contributed by atoms with van der Waals surface area (Å²) in [5.41, 5.74) is 0.403. The van der Waals surface area contributed by atoms with Gasteiger partial charge in [0.1, 0.15) is 0 Å². The summed E-state index contributed by atoms with van der Waals surface area (Å²) in [5.74, 6) is -0.778. The summed E-state index contributed by atoms with van der Waals surface area (Å²) in [5, 5.41) is 17.8. The van der Waals surface area contributed by atoms with E-state index >= 15 is 0 Å². The summed E-state index contributed by atoms with van der Waals surface area (Å²) in [6, 6.07) is 0. The zero-order valence-corrected chi connectivity index (χ0v) is 12.9. The first-order chi connectivity index (χ1) is 8.96. The highest BCUT2D eigenvalue weighted by Gasteiger charge is 2.24. The third-order valence-corrected chi connectivity index (χ3v) is 5.43. The number of carboxylic acid groups (broad SMARTS) is 1. The van der Waals surface area contributed by atoms with E-state index in [2.05, 4.69) is 28.9 Å². The Morgan fingerprint density at radius 2 is 2.21 bits per heavy atom. The number of aromatic nitrogens is 2. The molecule has 2 heterocycles. The molecule has 0 amide bonds. The van der Waals surface area contributed by atoms with Gasteiger partial charge in [0.2, 0.25) is 5.13 Å². The van der Waals surface area contributed by atoms with Crippen LogP contribution in [0.4, 0.5) is 5.13 Å². The zero-order valence-electron chi connectivity index (χ0n) is 11.3.